The monoisotopic (exact) mass is 233 g/mol. The van der Waals surface area contributed by atoms with Crippen molar-refractivity contribution in [1.29, 1.82) is 0 Å². The van der Waals surface area contributed by atoms with E-state index in [2.05, 4.69) is 4.98 Å². The molecule has 0 spiro atoms. The van der Waals surface area contributed by atoms with E-state index in [9.17, 15) is 5.11 Å². The van der Waals surface area contributed by atoms with Crippen LogP contribution in [0.15, 0.2) is 42.6 Å². The molecular weight excluding hydrogens is 222 g/mol. The summed E-state index contributed by atoms with van der Waals surface area (Å²) >= 11 is 5.87. The Labute approximate surface area is 99.5 Å². The molecule has 0 radical (unpaired) electrons. The fourth-order valence-electron chi connectivity index (χ4n) is 1.49. The van der Waals surface area contributed by atoms with Crippen molar-refractivity contribution in [2.45, 2.75) is 13.0 Å². The van der Waals surface area contributed by atoms with Crippen molar-refractivity contribution < 1.29 is 5.11 Å². The molecule has 0 fully saturated rings. The summed E-state index contributed by atoms with van der Waals surface area (Å²) in [5.74, 6) is 0. The summed E-state index contributed by atoms with van der Waals surface area (Å²) in [7, 11) is 0. The largest absolute Gasteiger partial charge is 0.382 e. The second kappa shape index (κ2) is 4.64. The van der Waals surface area contributed by atoms with E-state index in [0.717, 1.165) is 11.1 Å². The third kappa shape index (κ3) is 2.40. The Morgan fingerprint density at radius 3 is 2.69 bits per heavy atom. The fraction of sp³-hybridized carbons (Fsp3) is 0.154. The summed E-state index contributed by atoms with van der Waals surface area (Å²) < 4.78 is 0. The van der Waals surface area contributed by atoms with Crippen LogP contribution >= 0.6 is 11.6 Å². The number of pyridine rings is 1. The van der Waals surface area contributed by atoms with Gasteiger partial charge in [0.05, 0.1) is 5.69 Å². The molecule has 2 aromatic rings. The number of halogens is 1. The maximum Gasteiger partial charge on any atom is 0.121 e. The predicted molar refractivity (Wildman–Crippen MR) is 64.5 cm³/mol. The van der Waals surface area contributed by atoms with Crippen molar-refractivity contribution in [2.75, 3.05) is 0 Å². The Kier molecular flexibility index (Phi) is 3.22. The van der Waals surface area contributed by atoms with Crippen molar-refractivity contribution in [3.05, 3.63) is 64.4 Å². The highest BCUT2D eigenvalue weighted by Gasteiger charge is 2.11. The summed E-state index contributed by atoms with van der Waals surface area (Å²) in [6, 6.07) is 10.9. The molecule has 1 atom stereocenters. The molecule has 0 aliphatic rings. The summed E-state index contributed by atoms with van der Waals surface area (Å²) in [6.45, 7) is 1.96. The van der Waals surface area contributed by atoms with Crippen LogP contribution < -0.4 is 0 Å². The summed E-state index contributed by atoms with van der Waals surface area (Å²) in [4.78, 5) is 4.19. The second-order valence-corrected chi connectivity index (χ2v) is 4.15. The minimum Gasteiger partial charge on any atom is -0.382 e. The van der Waals surface area contributed by atoms with Gasteiger partial charge in [-0.05, 0) is 36.2 Å². The molecule has 1 unspecified atom stereocenters. The van der Waals surface area contributed by atoms with Crippen LogP contribution in [0.1, 0.15) is 22.9 Å². The quantitative estimate of drug-likeness (QED) is 0.865. The molecule has 3 heteroatoms. The lowest BCUT2D eigenvalue weighted by Gasteiger charge is -2.10. The van der Waals surface area contributed by atoms with Gasteiger partial charge in [0.15, 0.2) is 0 Å². The Morgan fingerprint density at radius 2 is 2.06 bits per heavy atom. The zero-order chi connectivity index (χ0) is 11.5. The lowest BCUT2D eigenvalue weighted by molar-refractivity contribution is 0.215. The highest BCUT2D eigenvalue weighted by atomic mass is 35.5. The van der Waals surface area contributed by atoms with E-state index in [1.807, 2.05) is 31.2 Å². The van der Waals surface area contributed by atoms with Gasteiger partial charge in [0.1, 0.15) is 6.10 Å². The van der Waals surface area contributed by atoms with Crippen molar-refractivity contribution >= 4 is 11.6 Å². The molecule has 1 N–H and O–H groups in total. The van der Waals surface area contributed by atoms with Crippen molar-refractivity contribution in [1.82, 2.24) is 4.98 Å². The molecular formula is C13H12ClNO. The third-order valence-electron chi connectivity index (χ3n) is 2.38. The number of aromatic nitrogens is 1. The van der Waals surface area contributed by atoms with Crippen molar-refractivity contribution in [2.24, 2.45) is 0 Å². The maximum atomic E-state index is 10.1. The van der Waals surface area contributed by atoms with Gasteiger partial charge in [0, 0.05) is 11.2 Å². The lowest BCUT2D eigenvalue weighted by atomic mass is 10.1. The van der Waals surface area contributed by atoms with Crippen LogP contribution in [0.25, 0.3) is 0 Å². The molecule has 2 rings (SSSR count). The van der Waals surface area contributed by atoms with Crippen LogP contribution in [-0.4, -0.2) is 10.1 Å². The zero-order valence-electron chi connectivity index (χ0n) is 8.89. The summed E-state index contributed by atoms with van der Waals surface area (Å²) in [6.07, 6.45) is 1.02. The second-order valence-electron chi connectivity index (χ2n) is 3.72. The fourth-order valence-corrected chi connectivity index (χ4v) is 1.69. The Morgan fingerprint density at radius 1 is 1.25 bits per heavy atom. The molecule has 0 saturated carbocycles. The molecule has 82 valence electrons. The smallest absolute Gasteiger partial charge is 0.121 e. The minimum absolute atomic E-state index is 0.615. The normalized spacial score (nSPS) is 12.4. The first-order chi connectivity index (χ1) is 7.66. The van der Waals surface area contributed by atoms with Crippen LogP contribution in [0.4, 0.5) is 0 Å². The first-order valence-electron chi connectivity index (χ1n) is 5.03. The SMILES string of the molecule is Cc1ccc(C(O)c2cccc(Cl)c2)nc1. The van der Waals surface area contributed by atoms with Gasteiger partial charge in [-0.1, -0.05) is 29.8 Å². The van der Waals surface area contributed by atoms with E-state index >= 15 is 0 Å². The van der Waals surface area contributed by atoms with E-state index in [4.69, 9.17) is 11.6 Å². The number of rotatable bonds is 2. The van der Waals surface area contributed by atoms with Crippen LogP contribution in [0, 0.1) is 6.92 Å². The number of nitrogens with zero attached hydrogens (tertiary/aromatic N) is 1. The Hall–Kier alpha value is -1.38. The van der Waals surface area contributed by atoms with E-state index in [1.54, 1.807) is 18.3 Å². The van der Waals surface area contributed by atoms with Crippen molar-refractivity contribution in [3.8, 4) is 0 Å². The molecule has 1 heterocycles. The highest BCUT2D eigenvalue weighted by Crippen LogP contribution is 2.22. The van der Waals surface area contributed by atoms with E-state index in [0.29, 0.717) is 10.7 Å². The molecule has 0 aliphatic heterocycles. The maximum absolute atomic E-state index is 10.1. The molecule has 2 nitrogen and oxygen atoms in total. The number of hydrogen-bond acceptors (Lipinski definition) is 2. The zero-order valence-corrected chi connectivity index (χ0v) is 9.65. The molecule has 0 amide bonds. The minimum atomic E-state index is -0.723. The molecule has 16 heavy (non-hydrogen) atoms. The number of benzene rings is 1. The molecule has 1 aromatic heterocycles. The van der Waals surface area contributed by atoms with E-state index in [1.165, 1.54) is 0 Å². The average Bonchev–Trinajstić information content (AvgIpc) is 2.29. The van der Waals surface area contributed by atoms with Gasteiger partial charge in [-0.2, -0.15) is 0 Å². The number of aliphatic hydroxyl groups is 1. The Bertz CT molecular complexity index is 482. The van der Waals surface area contributed by atoms with Gasteiger partial charge >= 0.3 is 0 Å². The Balaban J connectivity index is 2.31. The number of aliphatic hydroxyl groups excluding tert-OH is 1. The van der Waals surface area contributed by atoms with E-state index in [-0.39, 0.29) is 0 Å². The van der Waals surface area contributed by atoms with Gasteiger partial charge in [-0.3, -0.25) is 4.98 Å². The van der Waals surface area contributed by atoms with E-state index < -0.39 is 6.10 Å². The standard InChI is InChI=1S/C13H12ClNO/c1-9-5-6-12(15-8-9)13(16)10-3-2-4-11(14)7-10/h2-8,13,16H,1H3. The number of hydrogen-bond donors (Lipinski definition) is 1. The molecule has 0 saturated heterocycles. The molecule has 0 aliphatic carbocycles. The third-order valence-corrected chi connectivity index (χ3v) is 2.61. The summed E-state index contributed by atoms with van der Waals surface area (Å²) in [5.41, 5.74) is 2.46. The van der Waals surface area contributed by atoms with Gasteiger partial charge in [-0.15, -0.1) is 0 Å². The first-order valence-corrected chi connectivity index (χ1v) is 5.41. The molecule has 1 aromatic carbocycles. The van der Waals surface area contributed by atoms with Crippen LogP contribution in [0.2, 0.25) is 5.02 Å². The summed E-state index contributed by atoms with van der Waals surface area (Å²) in [5, 5.41) is 10.7. The first kappa shape index (κ1) is 11.1. The van der Waals surface area contributed by atoms with Crippen LogP contribution in [-0.2, 0) is 0 Å². The number of aryl methyl sites for hydroxylation is 1. The van der Waals surface area contributed by atoms with Crippen LogP contribution in [0.5, 0.6) is 0 Å². The van der Waals surface area contributed by atoms with Crippen molar-refractivity contribution in [3.63, 3.8) is 0 Å². The average molecular weight is 234 g/mol. The predicted octanol–water partition coefficient (Wildman–Crippen LogP) is 3.13. The van der Waals surface area contributed by atoms with Gasteiger partial charge in [0.2, 0.25) is 0 Å². The van der Waals surface area contributed by atoms with Gasteiger partial charge < -0.3 is 5.11 Å². The molecule has 0 bridgehead atoms. The topological polar surface area (TPSA) is 33.1 Å². The van der Waals surface area contributed by atoms with Gasteiger partial charge in [-0.25, -0.2) is 0 Å². The van der Waals surface area contributed by atoms with Crippen LogP contribution in [0.3, 0.4) is 0 Å². The van der Waals surface area contributed by atoms with Gasteiger partial charge in [0.25, 0.3) is 0 Å². The lowest BCUT2D eigenvalue weighted by Crippen LogP contribution is -2.02. The highest BCUT2D eigenvalue weighted by molar-refractivity contribution is 6.30.